The van der Waals surface area contributed by atoms with Gasteiger partial charge in [0.05, 0.1) is 38.3 Å². The predicted molar refractivity (Wildman–Crippen MR) is 113 cm³/mol. The molecule has 0 unspecified atom stereocenters. The Labute approximate surface area is 163 Å². The average molecular weight is 384 g/mol. The highest BCUT2D eigenvalue weighted by Crippen LogP contribution is 2.34. The molecule has 0 spiro atoms. The molecule has 0 radical (unpaired) electrons. The van der Waals surface area contributed by atoms with Crippen LogP contribution in [0, 0.1) is 0 Å². The highest BCUT2D eigenvalue weighted by molar-refractivity contribution is 7.18. The molecule has 0 saturated carbocycles. The summed E-state index contributed by atoms with van der Waals surface area (Å²) in [4.78, 5) is 22.1. The zero-order valence-corrected chi connectivity index (χ0v) is 16.9. The van der Waals surface area contributed by atoms with E-state index in [-0.39, 0.29) is 5.56 Å². The number of hydrogen-bond donors (Lipinski definition) is 2. The van der Waals surface area contributed by atoms with Gasteiger partial charge in [-0.2, -0.15) is 0 Å². The number of anilines is 1. The van der Waals surface area contributed by atoms with Crippen LogP contribution in [0.3, 0.4) is 0 Å². The number of benzene rings is 1. The first-order chi connectivity index (χ1) is 13.1. The van der Waals surface area contributed by atoms with Crippen LogP contribution >= 0.6 is 11.3 Å². The van der Waals surface area contributed by atoms with Crippen LogP contribution in [0.1, 0.15) is 29.7 Å². The maximum atomic E-state index is 13.6. The van der Waals surface area contributed by atoms with Crippen molar-refractivity contribution in [1.82, 2.24) is 9.55 Å². The molecule has 1 aliphatic carbocycles. The average Bonchev–Trinajstić information content (AvgIpc) is 2.84. The van der Waals surface area contributed by atoms with Crippen molar-refractivity contribution in [2.24, 2.45) is 0 Å². The van der Waals surface area contributed by atoms with Gasteiger partial charge in [0.2, 0.25) is 5.95 Å². The summed E-state index contributed by atoms with van der Waals surface area (Å²) in [7, 11) is 4.25. The number of likely N-dealkylation sites (N-methyl/N-ethyl adjacent to an activating group) is 1. The summed E-state index contributed by atoms with van der Waals surface area (Å²) in [6.45, 7) is 1.74. The molecule has 27 heavy (non-hydrogen) atoms. The van der Waals surface area contributed by atoms with E-state index in [1.165, 1.54) is 28.2 Å². The maximum Gasteiger partial charge on any atom is 0.268 e. The van der Waals surface area contributed by atoms with Crippen molar-refractivity contribution in [1.29, 1.82) is 0 Å². The zero-order chi connectivity index (χ0) is 18.8. The lowest BCUT2D eigenvalue weighted by Gasteiger charge is -2.15. The van der Waals surface area contributed by atoms with E-state index in [4.69, 9.17) is 4.98 Å². The molecule has 0 atom stereocenters. The summed E-state index contributed by atoms with van der Waals surface area (Å²) < 4.78 is 1.76. The fourth-order valence-corrected chi connectivity index (χ4v) is 4.99. The third-order valence-corrected chi connectivity index (χ3v) is 6.35. The standard InChI is InChI=1S/C21H26N4OS/c1-24(2)14-13-22-21-23-19-18(16-11-7-4-8-12-17(16)27-19)20(26)25(21)15-9-5-3-6-10-15/h3,5-6,9-10H,4,7-8,11-14H2,1-2H3,(H,22,23)/p+1. The van der Waals surface area contributed by atoms with Gasteiger partial charge in [-0.3, -0.25) is 4.79 Å². The van der Waals surface area contributed by atoms with Crippen molar-refractivity contribution in [2.75, 3.05) is 32.5 Å². The Morgan fingerprint density at radius 2 is 1.93 bits per heavy atom. The minimum absolute atomic E-state index is 0.0605. The molecule has 0 bridgehead atoms. The molecular weight excluding hydrogens is 356 g/mol. The quantitative estimate of drug-likeness (QED) is 0.665. The Kier molecular flexibility index (Phi) is 5.27. The molecule has 2 aromatic heterocycles. The molecule has 5 nitrogen and oxygen atoms in total. The third-order valence-electron chi connectivity index (χ3n) is 5.16. The first-order valence-corrected chi connectivity index (χ1v) is 10.6. The molecule has 0 amide bonds. The Bertz CT molecular complexity index is 991. The van der Waals surface area contributed by atoms with E-state index >= 15 is 0 Å². The number of rotatable bonds is 5. The van der Waals surface area contributed by atoms with Crippen molar-refractivity contribution in [3.63, 3.8) is 0 Å². The van der Waals surface area contributed by atoms with Crippen LogP contribution in [0.5, 0.6) is 0 Å². The SMILES string of the molecule is C[NH+](C)CCNc1nc2sc3c(c2c(=O)n1-c1ccccc1)CCCCC3. The number of thiophene rings is 1. The molecule has 0 saturated heterocycles. The van der Waals surface area contributed by atoms with Gasteiger partial charge in [0, 0.05) is 4.88 Å². The first-order valence-electron chi connectivity index (χ1n) is 9.81. The van der Waals surface area contributed by atoms with Gasteiger partial charge in [0.1, 0.15) is 4.83 Å². The molecular formula is C21H27N4OS+. The number of quaternary nitrogens is 1. The van der Waals surface area contributed by atoms with E-state index < -0.39 is 0 Å². The van der Waals surface area contributed by atoms with Crippen LogP contribution < -0.4 is 15.8 Å². The van der Waals surface area contributed by atoms with Gasteiger partial charge >= 0.3 is 0 Å². The highest BCUT2D eigenvalue weighted by atomic mass is 32.1. The van der Waals surface area contributed by atoms with Crippen LogP contribution in [0.2, 0.25) is 0 Å². The highest BCUT2D eigenvalue weighted by Gasteiger charge is 2.22. The van der Waals surface area contributed by atoms with E-state index in [9.17, 15) is 4.79 Å². The van der Waals surface area contributed by atoms with Crippen molar-refractivity contribution in [3.05, 3.63) is 51.1 Å². The lowest BCUT2D eigenvalue weighted by atomic mass is 10.1. The van der Waals surface area contributed by atoms with Crippen molar-refractivity contribution >= 4 is 27.5 Å². The zero-order valence-electron chi connectivity index (χ0n) is 16.0. The Hall–Kier alpha value is -2.18. The van der Waals surface area contributed by atoms with Crippen molar-refractivity contribution < 1.29 is 4.90 Å². The van der Waals surface area contributed by atoms with E-state index in [1.54, 1.807) is 15.9 Å². The van der Waals surface area contributed by atoms with Gasteiger partial charge in [-0.15, -0.1) is 11.3 Å². The Morgan fingerprint density at radius 3 is 2.70 bits per heavy atom. The lowest BCUT2D eigenvalue weighted by molar-refractivity contribution is -0.856. The predicted octanol–water partition coefficient (Wildman–Crippen LogP) is 2.27. The Morgan fingerprint density at radius 1 is 1.15 bits per heavy atom. The normalized spacial score (nSPS) is 14.3. The van der Waals surface area contributed by atoms with Gasteiger partial charge < -0.3 is 10.2 Å². The molecule has 3 aromatic rings. The second-order valence-corrected chi connectivity index (χ2v) is 8.62. The summed E-state index contributed by atoms with van der Waals surface area (Å²) in [6, 6.07) is 9.85. The fraction of sp³-hybridized carbons (Fsp3) is 0.429. The fourth-order valence-electron chi connectivity index (χ4n) is 3.74. The number of para-hydroxylation sites is 1. The second kappa shape index (κ2) is 7.82. The minimum Gasteiger partial charge on any atom is -0.350 e. The smallest absolute Gasteiger partial charge is 0.268 e. The van der Waals surface area contributed by atoms with Crippen molar-refractivity contribution in [2.45, 2.75) is 32.1 Å². The first kappa shape index (κ1) is 18.2. The third kappa shape index (κ3) is 3.64. The van der Waals surface area contributed by atoms with E-state index in [2.05, 4.69) is 19.4 Å². The molecule has 2 heterocycles. The van der Waals surface area contributed by atoms with Crippen LogP contribution in [0.4, 0.5) is 5.95 Å². The maximum absolute atomic E-state index is 13.6. The van der Waals surface area contributed by atoms with Crippen LogP contribution in [-0.4, -0.2) is 36.7 Å². The van der Waals surface area contributed by atoms with Crippen LogP contribution in [0.25, 0.3) is 15.9 Å². The summed E-state index contributed by atoms with van der Waals surface area (Å²) >= 11 is 1.72. The summed E-state index contributed by atoms with van der Waals surface area (Å²) in [5.41, 5.74) is 2.18. The summed E-state index contributed by atoms with van der Waals surface area (Å²) in [5, 5.41) is 4.24. The Balaban J connectivity index is 1.88. The minimum atomic E-state index is 0.0605. The summed E-state index contributed by atoms with van der Waals surface area (Å²) in [5.74, 6) is 0.649. The van der Waals surface area contributed by atoms with Crippen molar-refractivity contribution in [3.8, 4) is 5.69 Å². The molecule has 2 N–H and O–H groups in total. The van der Waals surface area contributed by atoms with Gasteiger partial charge in [0.15, 0.2) is 0 Å². The molecule has 1 aliphatic rings. The number of nitrogens with zero attached hydrogens (tertiary/aromatic N) is 2. The summed E-state index contributed by atoms with van der Waals surface area (Å²) in [6.07, 6.45) is 5.69. The molecule has 6 heteroatoms. The molecule has 1 aromatic carbocycles. The van der Waals surface area contributed by atoms with E-state index in [0.29, 0.717) is 5.95 Å². The second-order valence-electron chi connectivity index (χ2n) is 7.54. The number of hydrogen-bond acceptors (Lipinski definition) is 4. The number of aryl methyl sites for hydroxylation is 2. The van der Waals surface area contributed by atoms with E-state index in [0.717, 1.165) is 48.3 Å². The molecule has 0 aliphatic heterocycles. The monoisotopic (exact) mass is 383 g/mol. The number of aromatic nitrogens is 2. The number of fused-ring (bicyclic) bond motifs is 3. The topological polar surface area (TPSA) is 51.4 Å². The molecule has 4 rings (SSSR count). The molecule has 142 valence electrons. The van der Waals surface area contributed by atoms with Crippen LogP contribution in [0.15, 0.2) is 35.1 Å². The van der Waals surface area contributed by atoms with Gasteiger partial charge in [-0.1, -0.05) is 24.6 Å². The van der Waals surface area contributed by atoms with Crippen LogP contribution in [-0.2, 0) is 12.8 Å². The van der Waals surface area contributed by atoms with Gasteiger partial charge in [-0.05, 0) is 43.4 Å². The van der Waals surface area contributed by atoms with Gasteiger partial charge in [0.25, 0.3) is 5.56 Å². The lowest BCUT2D eigenvalue weighted by Crippen LogP contribution is -3.06. The van der Waals surface area contributed by atoms with Gasteiger partial charge in [-0.25, -0.2) is 9.55 Å². The largest absolute Gasteiger partial charge is 0.350 e. The molecule has 0 fully saturated rings. The number of nitrogens with one attached hydrogen (secondary N) is 2. The van der Waals surface area contributed by atoms with E-state index in [1.807, 2.05) is 30.3 Å².